The molecule has 0 saturated heterocycles. The largest absolute Gasteiger partial charge is 0.393 e. The van der Waals surface area contributed by atoms with Crippen LogP contribution in [0.4, 0.5) is 4.79 Å². The standard InChI is InChI=1S/C14H24N2O2/c1-16(10-11-6-5-9-13(11)17)14(18)15-12-7-3-2-4-8-12/h3,7,11-13,17H,2,4-6,8-10H2,1H3,(H,15,18). The van der Waals surface area contributed by atoms with Gasteiger partial charge < -0.3 is 15.3 Å². The van der Waals surface area contributed by atoms with E-state index in [-0.39, 0.29) is 24.1 Å². The molecule has 18 heavy (non-hydrogen) atoms. The van der Waals surface area contributed by atoms with Gasteiger partial charge in [0.1, 0.15) is 0 Å². The highest BCUT2D eigenvalue weighted by Crippen LogP contribution is 2.26. The van der Waals surface area contributed by atoms with Crippen LogP contribution in [0.2, 0.25) is 0 Å². The summed E-state index contributed by atoms with van der Waals surface area (Å²) in [5, 5.41) is 12.8. The van der Waals surface area contributed by atoms with Gasteiger partial charge >= 0.3 is 6.03 Å². The summed E-state index contributed by atoms with van der Waals surface area (Å²) in [6.45, 7) is 0.656. The third-order valence-corrected chi connectivity index (χ3v) is 4.04. The molecule has 4 heteroatoms. The Labute approximate surface area is 109 Å². The van der Waals surface area contributed by atoms with Crippen molar-refractivity contribution in [2.75, 3.05) is 13.6 Å². The van der Waals surface area contributed by atoms with E-state index in [0.29, 0.717) is 6.54 Å². The minimum atomic E-state index is -0.227. The van der Waals surface area contributed by atoms with Crippen LogP contribution in [0.1, 0.15) is 38.5 Å². The molecule has 2 N–H and O–H groups in total. The van der Waals surface area contributed by atoms with E-state index in [1.165, 1.54) is 0 Å². The van der Waals surface area contributed by atoms with Crippen LogP contribution in [0.15, 0.2) is 12.2 Å². The number of hydrogen-bond donors (Lipinski definition) is 2. The van der Waals surface area contributed by atoms with Crippen molar-refractivity contribution in [3.8, 4) is 0 Å². The molecule has 102 valence electrons. The van der Waals surface area contributed by atoms with Crippen molar-refractivity contribution < 1.29 is 9.90 Å². The number of urea groups is 1. The van der Waals surface area contributed by atoms with Crippen LogP contribution < -0.4 is 5.32 Å². The lowest BCUT2D eigenvalue weighted by Crippen LogP contribution is -2.45. The summed E-state index contributed by atoms with van der Waals surface area (Å²) in [5.74, 6) is 0.252. The van der Waals surface area contributed by atoms with Crippen molar-refractivity contribution >= 4 is 6.03 Å². The van der Waals surface area contributed by atoms with Gasteiger partial charge in [-0.05, 0) is 32.1 Å². The van der Waals surface area contributed by atoms with E-state index in [4.69, 9.17) is 0 Å². The molecule has 2 aliphatic carbocycles. The van der Waals surface area contributed by atoms with Gasteiger partial charge in [0.2, 0.25) is 0 Å². The van der Waals surface area contributed by atoms with Gasteiger partial charge in [0.25, 0.3) is 0 Å². The first-order valence-corrected chi connectivity index (χ1v) is 7.03. The first-order valence-electron chi connectivity index (χ1n) is 7.03. The van der Waals surface area contributed by atoms with Gasteiger partial charge in [-0.25, -0.2) is 4.79 Å². The monoisotopic (exact) mass is 252 g/mol. The maximum Gasteiger partial charge on any atom is 0.317 e. The molecule has 3 atom stereocenters. The third-order valence-electron chi connectivity index (χ3n) is 4.04. The van der Waals surface area contributed by atoms with Crippen molar-refractivity contribution in [3.63, 3.8) is 0 Å². The predicted octanol–water partition coefficient (Wildman–Crippen LogP) is 1.90. The minimum absolute atomic E-state index is 0.0225. The smallest absolute Gasteiger partial charge is 0.317 e. The Hall–Kier alpha value is -1.03. The number of hydrogen-bond acceptors (Lipinski definition) is 2. The Bertz CT molecular complexity index is 317. The quantitative estimate of drug-likeness (QED) is 0.754. The van der Waals surface area contributed by atoms with Crippen LogP contribution in [0.5, 0.6) is 0 Å². The molecule has 0 aromatic heterocycles. The zero-order valence-electron chi connectivity index (χ0n) is 11.1. The molecule has 0 aliphatic heterocycles. The lowest BCUT2D eigenvalue weighted by molar-refractivity contribution is 0.113. The normalized spacial score (nSPS) is 31.3. The zero-order chi connectivity index (χ0) is 13.0. The van der Waals surface area contributed by atoms with Crippen molar-refractivity contribution in [1.82, 2.24) is 10.2 Å². The molecule has 0 spiro atoms. The average Bonchev–Trinajstić information content (AvgIpc) is 2.76. The Kier molecular flexibility index (Phi) is 4.64. The lowest BCUT2D eigenvalue weighted by atomic mass is 10.0. The number of allylic oxidation sites excluding steroid dienone is 1. The molecule has 3 unspecified atom stereocenters. The molecule has 0 aromatic rings. The van der Waals surface area contributed by atoms with E-state index in [2.05, 4.69) is 17.5 Å². The molecule has 4 nitrogen and oxygen atoms in total. The summed E-state index contributed by atoms with van der Waals surface area (Å²) in [7, 11) is 1.81. The minimum Gasteiger partial charge on any atom is -0.393 e. The van der Waals surface area contributed by atoms with Gasteiger partial charge in [0.05, 0.1) is 6.10 Å². The molecule has 0 heterocycles. The van der Waals surface area contributed by atoms with Gasteiger partial charge in [-0.2, -0.15) is 0 Å². The van der Waals surface area contributed by atoms with Gasteiger partial charge in [-0.15, -0.1) is 0 Å². The number of carbonyl (C=O) groups excluding carboxylic acids is 1. The summed E-state index contributed by atoms with van der Waals surface area (Å²) in [6, 6.07) is 0.160. The van der Waals surface area contributed by atoms with E-state index < -0.39 is 0 Å². The fraction of sp³-hybridized carbons (Fsp3) is 0.786. The number of amides is 2. The van der Waals surface area contributed by atoms with Gasteiger partial charge in [-0.1, -0.05) is 18.6 Å². The van der Waals surface area contributed by atoms with Crippen molar-refractivity contribution in [1.29, 1.82) is 0 Å². The first-order chi connectivity index (χ1) is 8.66. The highest BCUT2D eigenvalue weighted by Gasteiger charge is 2.27. The average molecular weight is 252 g/mol. The number of nitrogens with one attached hydrogen (secondary N) is 1. The number of nitrogens with zero attached hydrogens (tertiary/aromatic N) is 1. The van der Waals surface area contributed by atoms with Crippen molar-refractivity contribution in [2.24, 2.45) is 5.92 Å². The number of carbonyl (C=O) groups is 1. The number of aliphatic hydroxyl groups is 1. The fourth-order valence-electron chi connectivity index (χ4n) is 2.87. The molecule has 2 aliphatic rings. The fourth-order valence-corrected chi connectivity index (χ4v) is 2.87. The molecule has 2 rings (SSSR count). The lowest BCUT2D eigenvalue weighted by Gasteiger charge is -2.26. The first kappa shape index (κ1) is 13.4. The predicted molar refractivity (Wildman–Crippen MR) is 71.3 cm³/mol. The van der Waals surface area contributed by atoms with E-state index >= 15 is 0 Å². The molecule has 2 amide bonds. The Morgan fingerprint density at radius 1 is 1.39 bits per heavy atom. The number of aliphatic hydroxyl groups excluding tert-OH is 1. The van der Waals surface area contributed by atoms with Crippen LogP contribution >= 0.6 is 0 Å². The molecule has 0 radical (unpaired) electrons. The zero-order valence-corrected chi connectivity index (χ0v) is 11.1. The maximum atomic E-state index is 12.0. The Morgan fingerprint density at radius 2 is 2.22 bits per heavy atom. The van der Waals surface area contributed by atoms with Crippen molar-refractivity contribution in [2.45, 2.75) is 50.7 Å². The van der Waals surface area contributed by atoms with E-state index in [1.54, 1.807) is 4.90 Å². The summed E-state index contributed by atoms with van der Waals surface area (Å²) >= 11 is 0. The molecule has 0 aromatic carbocycles. The van der Waals surface area contributed by atoms with Crippen LogP contribution in [0.25, 0.3) is 0 Å². The molecule has 1 fully saturated rings. The van der Waals surface area contributed by atoms with Crippen LogP contribution in [0, 0.1) is 5.92 Å². The SMILES string of the molecule is CN(CC1CCCC1O)C(=O)NC1C=CCCC1. The van der Waals surface area contributed by atoms with Crippen LogP contribution in [-0.4, -0.2) is 41.8 Å². The molecular weight excluding hydrogens is 228 g/mol. The summed E-state index contributed by atoms with van der Waals surface area (Å²) in [5.41, 5.74) is 0. The second kappa shape index (κ2) is 6.23. The highest BCUT2D eigenvalue weighted by atomic mass is 16.3. The van der Waals surface area contributed by atoms with Crippen LogP contribution in [0.3, 0.4) is 0 Å². The summed E-state index contributed by atoms with van der Waals surface area (Å²) in [6.07, 6.45) is 10.3. The summed E-state index contributed by atoms with van der Waals surface area (Å²) < 4.78 is 0. The highest BCUT2D eigenvalue weighted by molar-refractivity contribution is 5.74. The van der Waals surface area contributed by atoms with Gasteiger partial charge in [-0.3, -0.25) is 0 Å². The Balaban J connectivity index is 1.77. The molecule has 1 saturated carbocycles. The van der Waals surface area contributed by atoms with Gasteiger partial charge in [0, 0.05) is 25.6 Å². The van der Waals surface area contributed by atoms with Crippen LogP contribution in [-0.2, 0) is 0 Å². The molecular formula is C14H24N2O2. The third kappa shape index (κ3) is 3.48. The second-order valence-electron chi connectivity index (χ2n) is 5.55. The topological polar surface area (TPSA) is 52.6 Å². The summed E-state index contributed by atoms with van der Waals surface area (Å²) in [4.78, 5) is 13.7. The maximum absolute atomic E-state index is 12.0. The van der Waals surface area contributed by atoms with E-state index in [9.17, 15) is 9.90 Å². The second-order valence-corrected chi connectivity index (χ2v) is 5.55. The number of rotatable bonds is 3. The van der Waals surface area contributed by atoms with E-state index in [1.807, 2.05) is 7.05 Å². The van der Waals surface area contributed by atoms with E-state index in [0.717, 1.165) is 38.5 Å². The van der Waals surface area contributed by atoms with Gasteiger partial charge in [0.15, 0.2) is 0 Å². The van der Waals surface area contributed by atoms with Crippen molar-refractivity contribution in [3.05, 3.63) is 12.2 Å². The molecule has 0 bridgehead atoms. The Morgan fingerprint density at radius 3 is 2.83 bits per heavy atom.